The second-order valence-corrected chi connectivity index (χ2v) is 5.98. The molecule has 23 heavy (non-hydrogen) atoms. The number of thiol groups is 1. The van der Waals surface area contributed by atoms with Gasteiger partial charge in [-0.25, -0.2) is 4.98 Å². The standard InChI is InChI=1S/C17H16N4OS/c23-14-7-13(9-18-10-14)12-1-2-15-16(8-12)20-17(11-19-15)21-3-5-22-6-4-21/h1-2,7-11,23H,3-6H2. The average Bonchev–Trinajstić information content (AvgIpc) is 2.61. The largest absolute Gasteiger partial charge is 0.378 e. The summed E-state index contributed by atoms with van der Waals surface area (Å²) >= 11 is 4.35. The van der Waals surface area contributed by atoms with E-state index in [1.165, 1.54) is 0 Å². The Morgan fingerprint density at radius 1 is 0.957 bits per heavy atom. The van der Waals surface area contributed by atoms with Gasteiger partial charge in [-0.15, -0.1) is 12.6 Å². The van der Waals surface area contributed by atoms with Crippen LogP contribution in [-0.2, 0) is 4.74 Å². The second kappa shape index (κ2) is 6.14. The summed E-state index contributed by atoms with van der Waals surface area (Å²) in [5.74, 6) is 0.902. The Labute approximate surface area is 139 Å². The minimum atomic E-state index is 0.736. The Morgan fingerprint density at radius 2 is 1.83 bits per heavy atom. The number of anilines is 1. The Kier molecular flexibility index (Phi) is 3.85. The van der Waals surface area contributed by atoms with E-state index in [0.717, 1.165) is 59.2 Å². The molecule has 1 aromatic carbocycles. The highest BCUT2D eigenvalue weighted by atomic mass is 32.1. The number of morpholine rings is 1. The summed E-state index contributed by atoms with van der Waals surface area (Å²) in [6.07, 6.45) is 5.40. The van der Waals surface area contributed by atoms with Crippen molar-refractivity contribution < 1.29 is 4.74 Å². The van der Waals surface area contributed by atoms with Crippen LogP contribution in [0.3, 0.4) is 0 Å². The number of aromatic nitrogens is 3. The monoisotopic (exact) mass is 324 g/mol. The fraction of sp³-hybridized carbons (Fsp3) is 0.235. The molecule has 0 bridgehead atoms. The van der Waals surface area contributed by atoms with Crippen molar-refractivity contribution in [1.82, 2.24) is 15.0 Å². The third-order valence-corrected chi connectivity index (χ3v) is 4.17. The van der Waals surface area contributed by atoms with Crippen LogP contribution < -0.4 is 4.90 Å². The summed E-state index contributed by atoms with van der Waals surface area (Å²) in [7, 11) is 0. The molecule has 3 heterocycles. The van der Waals surface area contributed by atoms with Crippen molar-refractivity contribution in [2.75, 3.05) is 31.2 Å². The van der Waals surface area contributed by atoms with E-state index in [0.29, 0.717) is 0 Å². The first-order valence-corrected chi connectivity index (χ1v) is 7.98. The molecule has 1 aliphatic rings. The van der Waals surface area contributed by atoms with Gasteiger partial charge in [-0.2, -0.15) is 0 Å². The van der Waals surface area contributed by atoms with Crippen LogP contribution in [0.2, 0.25) is 0 Å². The highest BCUT2D eigenvalue weighted by molar-refractivity contribution is 7.80. The molecule has 4 rings (SSSR count). The van der Waals surface area contributed by atoms with Crippen LogP contribution in [0, 0.1) is 0 Å². The van der Waals surface area contributed by atoms with Crippen LogP contribution in [-0.4, -0.2) is 41.3 Å². The van der Waals surface area contributed by atoms with Gasteiger partial charge in [0.25, 0.3) is 0 Å². The maximum Gasteiger partial charge on any atom is 0.148 e. The van der Waals surface area contributed by atoms with Crippen LogP contribution in [0.25, 0.3) is 22.2 Å². The first-order chi connectivity index (χ1) is 11.3. The fourth-order valence-corrected chi connectivity index (χ4v) is 2.92. The second-order valence-electron chi connectivity index (χ2n) is 5.46. The number of rotatable bonds is 2. The Bertz CT molecular complexity index is 849. The van der Waals surface area contributed by atoms with Gasteiger partial charge in [0.15, 0.2) is 0 Å². The lowest BCUT2D eigenvalue weighted by Gasteiger charge is -2.27. The van der Waals surface area contributed by atoms with Gasteiger partial charge in [0.1, 0.15) is 5.82 Å². The average molecular weight is 324 g/mol. The summed E-state index contributed by atoms with van der Waals surface area (Å²) < 4.78 is 5.39. The summed E-state index contributed by atoms with van der Waals surface area (Å²) in [4.78, 5) is 16.6. The van der Waals surface area contributed by atoms with Gasteiger partial charge in [-0.3, -0.25) is 9.97 Å². The normalized spacial score (nSPS) is 15.1. The smallest absolute Gasteiger partial charge is 0.148 e. The van der Waals surface area contributed by atoms with Crippen molar-refractivity contribution in [2.45, 2.75) is 4.90 Å². The topological polar surface area (TPSA) is 51.1 Å². The predicted molar refractivity (Wildman–Crippen MR) is 93.1 cm³/mol. The minimum absolute atomic E-state index is 0.736. The lowest BCUT2D eigenvalue weighted by Crippen LogP contribution is -2.36. The van der Waals surface area contributed by atoms with Crippen molar-refractivity contribution in [2.24, 2.45) is 0 Å². The van der Waals surface area contributed by atoms with E-state index >= 15 is 0 Å². The molecule has 0 saturated carbocycles. The zero-order valence-corrected chi connectivity index (χ0v) is 13.4. The number of ether oxygens (including phenoxy) is 1. The molecule has 0 aliphatic carbocycles. The molecule has 0 radical (unpaired) electrons. The molecular weight excluding hydrogens is 308 g/mol. The first kappa shape index (κ1) is 14.4. The number of pyridine rings is 1. The molecule has 5 nitrogen and oxygen atoms in total. The first-order valence-electron chi connectivity index (χ1n) is 7.53. The summed E-state index contributed by atoms with van der Waals surface area (Å²) in [5, 5.41) is 0. The molecule has 0 amide bonds. The molecule has 1 fully saturated rings. The molecule has 6 heteroatoms. The van der Waals surface area contributed by atoms with E-state index in [2.05, 4.69) is 33.6 Å². The third-order valence-electron chi connectivity index (χ3n) is 3.92. The predicted octanol–water partition coefficient (Wildman–Crippen LogP) is 2.82. The van der Waals surface area contributed by atoms with Gasteiger partial charge in [-0.1, -0.05) is 6.07 Å². The molecule has 0 unspecified atom stereocenters. The van der Waals surface area contributed by atoms with E-state index < -0.39 is 0 Å². The van der Waals surface area contributed by atoms with E-state index in [4.69, 9.17) is 9.72 Å². The van der Waals surface area contributed by atoms with Crippen molar-refractivity contribution in [3.63, 3.8) is 0 Å². The van der Waals surface area contributed by atoms with Gasteiger partial charge in [0.2, 0.25) is 0 Å². The zero-order chi connectivity index (χ0) is 15.6. The molecule has 1 saturated heterocycles. The summed E-state index contributed by atoms with van der Waals surface area (Å²) in [6.45, 7) is 3.18. The lowest BCUT2D eigenvalue weighted by atomic mass is 10.1. The molecule has 1 aliphatic heterocycles. The summed E-state index contributed by atoms with van der Waals surface area (Å²) in [5.41, 5.74) is 3.86. The van der Waals surface area contributed by atoms with Gasteiger partial charge in [-0.05, 0) is 23.8 Å². The van der Waals surface area contributed by atoms with Crippen molar-refractivity contribution in [1.29, 1.82) is 0 Å². The molecule has 3 aromatic rings. The van der Waals surface area contributed by atoms with Crippen LogP contribution in [0.5, 0.6) is 0 Å². The molecular formula is C17H16N4OS. The number of hydrogen-bond acceptors (Lipinski definition) is 6. The van der Waals surface area contributed by atoms with Crippen molar-refractivity contribution >= 4 is 29.5 Å². The van der Waals surface area contributed by atoms with Crippen LogP contribution in [0.15, 0.2) is 47.8 Å². The number of fused-ring (bicyclic) bond motifs is 1. The van der Waals surface area contributed by atoms with Gasteiger partial charge >= 0.3 is 0 Å². The fourth-order valence-electron chi connectivity index (χ4n) is 2.71. The Balaban J connectivity index is 1.74. The maximum atomic E-state index is 5.39. The Morgan fingerprint density at radius 3 is 2.65 bits per heavy atom. The molecule has 116 valence electrons. The van der Waals surface area contributed by atoms with Crippen LogP contribution >= 0.6 is 12.6 Å². The van der Waals surface area contributed by atoms with Gasteiger partial charge in [0.05, 0.1) is 30.4 Å². The molecule has 0 N–H and O–H groups in total. The lowest BCUT2D eigenvalue weighted by molar-refractivity contribution is 0.122. The third kappa shape index (κ3) is 3.00. The maximum absolute atomic E-state index is 5.39. The highest BCUT2D eigenvalue weighted by Gasteiger charge is 2.13. The van der Waals surface area contributed by atoms with Crippen LogP contribution in [0.1, 0.15) is 0 Å². The molecule has 0 atom stereocenters. The van der Waals surface area contributed by atoms with Crippen molar-refractivity contribution in [3.05, 3.63) is 42.9 Å². The Hall–Kier alpha value is -2.18. The van der Waals surface area contributed by atoms with E-state index in [9.17, 15) is 0 Å². The SMILES string of the molecule is Sc1cncc(-c2ccc3ncc(N4CCOCC4)nc3c2)c1. The van der Waals surface area contributed by atoms with Crippen LogP contribution in [0.4, 0.5) is 5.82 Å². The van der Waals surface area contributed by atoms with Gasteiger partial charge in [0, 0.05) is 35.9 Å². The zero-order valence-electron chi connectivity index (χ0n) is 12.5. The number of benzene rings is 1. The van der Waals surface area contributed by atoms with Crippen molar-refractivity contribution in [3.8, 4) is 11.1 Å². The number of nitrogens with zero attached hydrogens (tertiary/aromatic N) is 4. The van der Waals surface area contributed by atoms with Gasteiger partial charge < -0.3 is 9.64 Å². The highest BCUT2D eigenvalue weighted by Crippen LogP contribution is 2.25. The quantitative estimate of drug-likeness (QED) is 0.735. The minimum Gasteiger partial charge on any atom is -0.378 e. The number of hydrogen-bond donors (Lipinski definition) is 1. The molecule has 0 spiro atoms. The summed E-state index contributed by atoms with van der Waals surface area (Å²) in [6, 6.07) is 8.08. The van der Waals surface area contributed by atoms with E-state index in [1.54, 1.807) is 6.20 Å². The van der Waals surface area contributed by atoms with E-state index in [-0.39, 0.29) is 0 Å². The molecule has 2 aromatic heterocycles. The van der Waals surface area contributed by atoms with E-state index in [1.807, 2.05) is 30.6 Å².